The molecule has 1 N–H and O–H groups in total. The maximum atomic E-state index is 13.4. The molecule has 0 heterocycles. The molecule has 0 aliphatic heterocycles. The molecule has 0 aromatic heterocycles. The van der Waals surface area contributed by atoms with Crippen LogP contribution in [0.2, 0.25) is 0 Å². The predicted molar refractivity (Wildman–Crippen MR) is 111 cm³/mol. The molecule has 0 saturated heterocycles. The van der Waals surface area contributed by atoms with Crippen LogP contribution in [0.3, 0.4) is 0 Å². The molecule has 0 aliphatic rings. The molecule has 2 rings (SSSR count). The Kier molecular flexibility index (Phi) is 6.50. The number of carbonyl (C=O) groups is 2. The number of nitrogens with one attached hydrogen (secondary N) is 1. The molecule has 2 aromatic carbocycles. The van der Waals surface area contributed by atoms with Crippen molar-refractivity contribution in [3.05, 3.63) is 70.8 Å². The standard InChI is InChI=1S/C24H28F3NO2/c1-22(2,3)20(29)19(15-10-9-11-16(14-15)24(25,26)27)17-12-7-8-13-18(17)21(30)28-23(4,5)6/h7-14,19H,1-6H3,(H,28,30). The fourth-order valence-corrected chi connectivity index (χ4v) is 3.16. The summed E-state index contributed by atoms with van der Waals surface area (Å²) in [5, 5.41) is 2.87. The van der Waals surface area contributed by atoms with Crippen LogP contribution >= 0.6 is 0 Å². The van der Waals surface area contributed by atoms with Gasteiger partial charge in [0.1, 0.15) is 5.78 Å². The maximum absolute atomic E-state index is 13.4. The van der Waals surface area contributed by atoms with Crippen LogP contribution in [0.15, 0.2) is 48.5 Å². The molecule has 162 valence electrons. The SMILES string of the molecule is CC(C)(C)NC(=O)c1ccccc1C(C(=O)C(C)(C)C)c1cccc(C(F)(F)F)c1. The zero-order chi connectivity index (χ0) is 22.9. The van der Waals surface area contributed by atoms with Gasteiger partial charge in [-0.15, -0.1) is 0 Å². The summed E-state index contributed by atoms with van der Waals surface area (Å²) in [6.07, 6.45) is -4.53. The molecule has 1 amide bonds. The van der Waals surface area contributed by atoms with E-state index in [2.05, 4.69) is 5.32 Å². The van der Waals surface area contributed by atoms with E-state index in [-0.39, 0.29) is 22.8 Å². The molecule has 0 spiro atoms. The highest BCUT2D eigenvalue weighted by atomic mass is 19.4. The van der Waals surface area contributed by atoms with Crippen LogP contribution in [-0.2, 0) is 11.0 Å². The van der Waals surface area contributed by atoms with E-state index in [9.17, 15) is 22.8 Å². The van der Waals surface area contributed by atoms with Gasteiger partial charge < -0.3 is 5.32 Å². The largest absolute Gasteiger partial charge is 0.416 e. The molecule has 0 fully saturated rings. The van der Waals surface area contributed by atoms with E-state index in [0.29, 0.717) is 5.56 Å². The van der Waals surface area contributed by atoms with Gasteiger partial charge in [0.15, 0.2) is 0 Å². The minimum Gasteiger partial charge on any atom is -0.347 e. The highest BCUT2D eigenvalue weighted by Gasteiger charge is 2.36. The van der Waals surface area contributed by atoms with E-state index in [1.165, 1.54) is 12.1 Å². The summed E-state index contributed by atoms with van der Waals surface area (Å²) in [6, 6.07) is 11.3. The van der Waals surface area contributed by atoms with E-state index in [1.54, 1.807) is 45.0 Å². The minimum atomic E-state index is -4.53. The Morgan fingerprint density at radius 3 is 2.00 bits per heavy atom. The van der Waals surface area contributed by atoms with Gasteiger partial charge in [0, 0.05) is 16.5 Å². The summed E-state index contributed by atoms with van der Waals surface area (Å²) in [5.74, 6) is -1.65. The van der Waals surface area contributed by atoms with Crippen molar-refractivity contribution in [1.82, 2.24) is 5.32 Å². The summed E-state index contributed by atoms with van der Waals surface area (Å²) in [7, 11) is 0. The lowest BCUT2D eigenvalue weighted by atomic mass is 9.75. The molecule has 0 radical (unpaired) electrons. The Balaban J connectivity index is 2.70. The summed E-state index contributed by atoms with van der Waals surface area (Å²) in [6.45, 7) is 10.6. The number of ketones is 1. The van der Waals surface area contributed by atoms with Crippen molar-refractivity contribution in [1.29, 1.82) is 0 Å². The number of hydrogen-bond acceptors (Lipinski definition) is 2. The first kappa shape index (κ1) is 23.6. The van der Waals surface area contributed by atoms with E-state index in [4.69, 9.17) is 0 Å². The third kappa shape index (κ3) is 5.71. The fourth-order valence-electron chi connectivity index (χ4n) is 3.16. The number of rotatable bonds is 4. The lowest BCUT2D eigenvalue weighted by molar-refractivity contribution is -0.137. The van der Waals surface area contributed by atoms with E-state index < -0.39 is 28.6 Å². The van der Waals surface area contributed by atoms with Crippen LogP contribution in [0.1, 0.15) is 74.5 Å². The number of carbonyl (C=O) groups excluding carboxylic acids is 2. The first-order chi connectivity index (χ1) is 13.6. The van der Waals surface area contributed by atoms with E-state index >= 15 is 0 Å². The van der Waals surface area contributed by atoms with Crippen molar-refractivity contribution < 1.29 is 22.8 Å². The number of benzene rings is 2. The normalized spacial score (nSPS) is 13.6. The smallest absolute Gasteiger partial charge is 0.347 e. The van der Waals surface area contributed by atoms with Crippen LogP contribution < -0.4 is 5.32 Å². The van der Waals surface area contributed by atoms with Crippen LogP contribution in [0.5, 0.6) is 0 Å². The Hall–Kier alpha value is -2.63. The number of halogens is 3. The van der Waals surface area contributed by atoms with Crippen molar-refractivity contribution in [3.8, 4) is 0 Å². The molecule has 0 saturated carbocycles. The zero-order valence-electron chi connectivity index (χ0n) is 18.1. The molecule has 3 nitrogen and oxygen atoms in total. The Morgan fingerprint density at radius 1 is 0.867 bits per heavy atom. The van der Waals surface area contributed by atoms with Crippen molar-refractivity contribution >= 4 is 11.7 Å². The summed E-state index contributed by atoms with van der Waals surface area (Å²) < 4.78 is 39.9. The van der Waals surface area contributed by atoms with Crippen molar-refractivity contribution in [3.63, 3.8) is 0 Å². The summed E-state index contributed by atoms with van der Waals surface area (Å²) in [4.78, 5) is 26.3. The van der Waals surface area contributed by atoms with Gasteiger partial charge in [-0.2, -0.15) is 13.2 Å². The predicted octanol–water partition coefficient (Wildman–Crippen LogP) is 5.98. The Morgan fingerprint density at radius 2 is 1.47 bits per heavy atom. The average Bonchev–Trinajstić information content (AvgIpc) is 2.59. The second kappa shape index (κ2) is 8.25. The van der Waals surface area contributed by atoms with Gasteiger partial charge >= 0.3 is 6.18 Å². The van der Waals surface area contributed by atoms with Crippen molar-refractivity contribution in [2.75, 3.05) is 0 Å². The highest BCUT2D eigenvalue weighted by Crippen LogP contribution is 2.37. The maximum Gasteiger partial charge on any atom is 0.416 e. The molecular weight excluding hydrogens is 391 g/mol. The molecule has 1 atom stereocenters. The molecule has 6 heteroatoms. The van der Waals surface area contributed by atoms with Gasteiger partial charge in [-0.1, -0.05) is 57.2 Å². The highest BCUT2D eigenvalue weighted by molar-refractivity contribution is 6.00. The van der Waals surface area contributed by atoms with Crippen molar-refractivity contribution in [2.45, 2.75) is 59.2 Å². The average molecular weight is 419 g/mol. The Labute approximate surface area is 175 Å². The van der Waals surface area contributed by atoms with Crippen LogP contribution in [0.4, 0.5) is 13.2 Å². The summed E-state index contributed by atoms with van der Waals surface area (Å²) >= 11 is 0. The number of Topliss-reactive ketones (excluding diaryl/α,β-unsaturated/α-hetero) is 1. The number of amides is 1. The topological polar surface area (TPSA) is 46.2 Å². The second-order valence-corrected chi connectivity index (χ2v) is 9.46. The van der Waals surface area contributed by atoms with Gasteiger partial charge in [0.25, 0.3) is 5.91 Å². The van der Waals surface area contributed by atoms with Gasteiger partial charge in [-0.05, 0) is 44.0 Å². The lowest BCUT2D eigenvalue weighted by Crippen LogP contribution is -2.41. The Bertz CT molecular complexity index is 934. The van der Waals surface area contributed by atoms with Crippen LogP contribution in [0, 0.1) is 5.41 Å². The molecule has 1 unspecified atom stereocenters. The first-order valence-electron chi connectivity index (χ1n) is 9.74. The zero-order valence-corrected chi connectivity index (χ0v) is 18.1. The lowest BCUT2D eigenvalue weighted by Gasteiger charge is -2.28. The third-order valence-corrected chi connectivity index (χ3v) is 4.55. The quantitative estimate of drug-likeness (QED) is 0.663. The van der Waals surface area contributed by atoms with Gasteiger partial charge in [-0.3, -0.25) is 9.59 Å². The van der Waals surface area contributed by atoms with Crippen LogP contribution in [-0.4, -0.2) is 17.2 Å². The first-order valence-corrected chi connectivity index (χ1v) is 9.74. The fraction of sp³-hybridized carbons (Fsp3) is 0.417. The number of alkyl halides is 3. The second-order valence-electron chi connectivity index (χ2n) is 9.46. The summed E-state index contributed by atoms with van der Waals surface area (Å²) in [5.41, 5.74) is -1.30. The molecule has 0 bridgehead atoms. The molecule has 0 aliphatic carbocycles. The van der Waals surface area contributed by atoms with E-state index in [0.717, 1.165) is 12.1 Å². The molecular formula is C24H28F3NO2. The van der Waals surface area contributed by atoms with Gasteiger partial charge in [0.05, 0.1) is 11.5 Å². The van der Waals surface area contributed by atoms with E-state index in [1.807, 2.05) is 20.8 Å². The minimum absolute atomic E-state index is 0.209. The third-order valence-electron chi connectivity index (χ3n) is 4.55. The monoisotopic (exact) mass is 419 g/mol. The van der Waals surface area contributed by atoms with Crippen LogP contribution in [0.25, 0.3) is 0 Å². The van der Waals surface area contributed by atoms with Gasteiger partial charge in [-0.25, -0.2) is 0 Å². The molecule has 30 heavy (non-hydrogen) atoms. The number of hydrogen-bond donors (Lipinski definition) is 1. The molecule has 2 aromatic rings. The van der Waals surface area contributed by atoms with Crippen molar-refractivity contribution in [2.24, 2.45) is 5.41 Å². The van der Waals surface area contributed by atoms with Gasteiger partial charge in [0.2, 0.25) is 0 Å².